The summed E-state index contributed by atoms with van der Waals surface area (Å²) in [6.45, 7) is 0.461. The molecule has 1 aliphatic rings. The number of fused-ring (bicyclic) bond motifs is 1. The minimum Gasteiger partial charge on any atom is -0.359 e. The maximum Gasteiger partial charge on any atom is 0.401 e. The highest BCUT2D eigenvalue weighted by atomic mass is 35.5. The van der Waals surface area contributed by atoms with Gasteiger partial charge in [-0.3, -0.25) is 4.90 Å². The van der Waals surface area contributed by atoms with E-state index in [1.165, 1.54) is 11.1 Å². The molecule has 4 N–H and O–H groups in total. The number of aromatic amines is 1. The number of aliphatic hydroxyl groups excluding tert-OH is 1. The van der Waals surface area contributed by atoms with Gasteiger partial charge in [0.25, 0.3) is 0 Å². The summed E-state index contributed by atoms with van der Waals surface area (Å²) in [7, 11) is 0. The molecule has 4 rings (SSSR count). The lowest BCUT2D eigenvalue weighted by molar-refractivity contribution is -0.146. The lowest BCUT2D eigenvalue weighted by atomic mass is 10.2. The summed E-state index contributed by atoms with van der Waals surface area (Å²) in [6.07, 6.45) is -1.99. The van der Waals surface area contributed by atoms with Gasteiger partial charge in [0.15, 0.2) is 0 Å². The number of rotatable bonds is 6. The molecule has 0 aliphatic carbocycles. The highest BCUT2D eigenvalue weighted by molar-refractivity contribution is 6.33. The summed E-state index contributed by atoms with van der Waals surface area (Å²) in [5.41, 5.74) is 2.19. The van der Waals surface area contributed by atoms with Gasteiger partial charge in [-0.1, -0.05) is 29.8 Å². The van der Waals surface area contributed by atoms with Gasteiger partial charge in [-0.05, 0) is 12.1 Å². The molecule has 1 unspecified atom stereocenters. The van der Waals surface area contributed by atoms with E-state index in [-0.39, 0.29) is 13.1 Å². The van der Waals surface area contributed by atoms with Crippen LogP contribution in [0.2, 0.25) is 5.02 Å². The lowest BCUT2D eigenvalue weighted by Gasteiger charge is -2.36. The second kappa shape index (κ2) is 8.81. The van der Waals surface area contributed by atoms with E-state index in [1.54, 1.807) is 12.3 Å². The average Bonchev–Trinajstić information content (AvgIpc) is 3.11. The minimum absolute atomic E-state index is 0.283. The molecule has 0 saturated carbocycles. The fourth-order valence-corrected chi connectivity index (χ4v) is 3.93. The third-order valence-corrected chi connectivity index (χ3v) is 5.36. The molecule has 3 heterocycles. The summed E-state index contributed by atoms with van der Waals surface area (Å²) >= 11 is 6.37. The first-order valence-corrected chi connectivity index (χ1v) is 10.1. The number of aromatic nitrogens is 2. The Labute approximate surface area is 181 Å². The topological polar surface area (TPSA) is 79.5 Å². The first-order valence-electron chi connectivity index (χ1n) is 9.75. The Balaban J connectivity index is 1.35. The van der Waals surface area contributed by atoms with Crippen molar-refractivity contribution in [2.45, 2.75) is 12.5 Å². The Morgan fingerprint density at radius 1 is 1.16 bits per heavy atom. The van der Waals surface area contributed by atoms with Crippen molar-refractivity contribution in [1.29, 1.82) is 0 Å². The molecule has 1 aliphatic heterocycles. The first-order chi connectivity index (χ1) is 14.8. The molecular formula is C20H22ClF3N6O. The normalized spacial score (nSPS) is 16.5. The summed E-state index contributed by atoms with van der Waals surface area (Å²) in [5.74, 6) is 0.512. The van der Waals surface area contributed by atoms with Crippen molar-refractivity contribution < 1.29 is 18.3 Å². The average molecular weight is 455 g/mol. The number of para-hydroxylation sites is 1. The van der Waals surface area contributed by atoms with Crippen LogP contribution in [0.25, 0.3) is 10.9 Å². The minimum atomic E-state index is -4.20. The number of halogens is 4. The Kier molecular flexibility index (Phi) is 6.12. The lowest BCUT2D eigenvalue weighted by Crippen LogP contribution is -2.49. The van der Waals surface area contributed by atoms with Crippen LogP contribution in [0.15, 0.2) is 42.7 Å². The van der Waals surface area contributed by atoms with E-state index in [0.717, 1.165) is 16.6 Å². The Hall–Kier alpha value is -2.69. The van der Waals surface area contributed by atoms with Gasteiger partial charge in [-0.25, -0.2) is 4.98 Å². The molecule has 1 fully saturated rings. The van der Waals surface area contributed by atoms with Crippen LogP contribution in [0.3, 0.4) is 0 Å². The maximum absolute atomic E-state index is 12.5. The third-order valence-electron chi connectivity index (χ3n) is 5.08. The van der Waals surface area contributed by atoms with Crippen molar-refractivity contribution in [1.82, 2.24) is 14.9 Å². The molecule has 3 aromatic rings. The van der Waals surface area contributed by atoms with E-state index in [0.29, 0.717) is 29.6 Å². The second-order valence-corrected chi connectivity index (χ2v) is 7.75. The maximum atomic E-state index is 12.5. The van der Waals surface area contributed by atoms with Crippen LogP contribution in [0.4, 0.5) is 30.4 Å². The zero-order valence-electron chi connectivity index (χ0n) is 16.5. The summed E-state index contributed by atoms with van der Waals surface area (Å²) in [4.78, 5) is 10.7. The van der Waals surface area contributed by atoms with E-state index in [4.69, 9.17) is 11.6 Å². The number of nitrogens with one attached hydrogen (secondary N) is 3. The first kappa shape index (κ1) is 21.5. The largest absolute Gasteiger partial charge is 0.401 e. The fraction of sp³-hybridized carbons (Fsp3) is 0.350. The van der Waals surface area contributed by atoms with Crippen molar-refractivity contribution in [2.75, 3.05) is 48.3 Å². The van der Waals surface area contributed by atoms with E-state index < -0.39 is 19.1 Å². The van der Waals surface area contributed by atoms with Gasteiger partial charge in [0.1, 0.15) is 5.82 Å². The summed E-state index contributed by atoms with van der Waals surface area (Å²) < 4.78 is 37.6. The SMILES string of the molecule is OC(Nc1cnc(N2CCN(CC(F)(F)F)CC2)c(Cl)c1)Nc1c[nH]c2ccccc12. The van der Waals surface area contributed by atoms with Gasteiger partial charge >= 0.3 is 6.18 Å². The van der Waals surface area contributed by atoms with Crippen LogP contribution in [-0.2, 0) is 0 Å². The predicted octanol–water partition coefficient (Wildman–Crippen LogP) is 3.70. The van der Waals surface area contributed by atoms with E-state index in [2.05, 4.69) is 20.6 Å². The zero-order valence-corrected chi connectivity index (χ0v) is 17.2. The van der Waals surface area contributed by atoms with Gasteiger partial charge in [0.2, 0.25) is 6.35 Å². The standard InChI is InChI=1S/C20H22ClF3N6O/c21-15-9-13(27-19(31)28-17-11-25-16-4-2-1-3-14(16)17)10-26-18(15)30-7-5-29(6-8-30)12-20(22,23)24/h1-4,9-11,19,25,27-28,31H,5-8,12H2. The fourth-order valence-electron chi connectivity index (χ4n) is 3.65. The summed E-state index contributed by atoms with van der Waals surface area (Å²) in [6, 6.07) is 9.33. The highest BCUT2D eigenvalue weighted by Crippen LogP contribution is 2.28. The molecule has 1 saturated heterocycles. The van der Waals surface area contributed by atoms with Crippen molar-refractivity contribution in [3.05, 3.63) is 47.7 Å². The molecule has 0 radical (unpaired) electrons. The number of piperazine rings is 1. The number of hydrogen-bond acceptors (Lipinski definition) is 6. The summed E-state index contributed by atoms with van der Waals surface area (Å²) in [5, 5.41) is 17.5. The molecule has 1 aromatic carbocycles. The number of nitrogens with zero attached hydrogens (tertiary/aromatic N) is 3. The van der Waals surface area contributed by atoms with E-state index in [9.17, 15) is 18.3 Å². The quantitative estimate of drug-likeness (QED) is 0.425. The molecule has 11 heteroatoms. The van der Waals surface area contributed by atoms with Crippen LogP contribution in [0.5, 0.6) is 0 Å². The number of H-pyrrole nitrogens is 1. The molecule has 31 heavy (non-hydrogen) atoms. The number of benzene rings is 1. The molecule has 7 nitrogen and oxygen atoms in total. The van der Waals surface area contributed by atoms with Crippen LogP contribution in [0.1, 0.15) is 0 Å². The van der Waals surface area contributed by atoms with Gasteiger partial charge < -0.3 is 25.6 Å². The van der Waals surface area contributed by atoms with Crippen molar-refractivity contribution in [2.24, 2.45) is 0 Å². The number of hydrogen-bond donors (Lipinski definition) is 4. The number of pyridine rings is 1. The van der Waals surface area contributed by atoms with Gasteiger partial charge in [-0.2, -0.15) is 13.2 Å². The Morgan fingerprint density at radius 2 is 1.90 bits per heavy atom. The smallest absolute Gasteiger partial charge is 0.359 e. The van der Waals surface area contributed by atoms with Crippen LogP contribution in [-0.4, -0.2) is 65.2 Å². The Morgan fingerprint density at radius 3 is 2.61 bits per heavy atom. The van der Waals surface area contributed by atoms with Gasteiger partial charge in [0, 0.05) is 43.3 Å². The van der Waals surface area contributed by atoms with Gasteiger partial charge in [-0.15, -0.1) is 0 Å². The van der Waals surface area contributed by atoms with E-state index >= 15 is 0 Å². The molecule has 0 bridgehead atoms. The molecular weight excluding hydrogens is 433 g/mol. The predicted molar refractivity (Wildman–Crippen MR) is 116 cm³/mol. The Bertz CT molecular complexity index is 1040. The monoisotopic (exact) mass is 454 g/mol. The molecule has 2 aromatic heterocycles. The van der Waals surface area contributed by atoms with Crippen molar-refractivity contribution >= 4 is 39.7 Å². The number of anilines is 3. The zero-order chi connectivity index (χ0) is 22.0. The highest BCUT2D eigenvalue weighted by Gasteiger charge is 2.32. The van der Waals surface area contributed by atoms with Crippen LogP contribution < -0.4 is 15.5 Å². The van der Waals surface area contributed by atoms with Gasteiger partial charge in [0.05, 0.1) is 29.1 Å². The third kappa shape index (κ3) is 5.33. The van der Waals surface area contributed by atoms with Crippen molar-refractivity contribution in [3.8, 4) is 0 Å². The number of alkyl halides is 3. The second-order valence-electron chi connectivity index (χ2n) is 7.35. The molecule has 1 atom stereocenters. The van der Waals surface area contributed by atoms with Crippen molar-refractivity contribution in [3.63, 3.8) is 0 Å². The van der Waals surface area contributed by atoms with Crippen LogP contribution in [0, 0.1) is 0 Å². The molecule has 0 amide bonds. The number of aliphatic hydroxyl groups is 1. The molecule has 166 valence electrons. The van der Waals surface area contributed by atoms with E-state index in [1.807, 2.05) is 29.2 Å². The molecule has 0 spiro atoms. The van der Waals surface area contributed by atoms with Crippen LogP contribution >= 0.6 is 11.6 Å².